The first-order valence-electron chi connectivity index (χ1n) is 7.12. The van der Waals surface area contributed by atoms with E-state index in [1.165, 1.54) is 6.08 Å². The van der Waals surface area contributed by atoms with Gasteiger partial charge in [0.05, 0.1) is 6.54 Å². The summed E-state index contributed by atoms with van der Waals surface area (Å²) in [4.78, 5) is 4.22. The van der Waals surface area contributed by atoms with Crippen molar-refractivity contribution in [3.63, 3.8) is 0 Å². The van der Waals surface area contributed by atoms with Crippen LogP contribution in [0, 0.1) is 0 Å². The number of rotatable bonds is 3. The second kappa shape index (κ2) is 5.92. The molecule has 0 N–H and O–H groups in total. The Balaban J connectivity index is 1.92. The van der Waals surface area contributed by atoms with Crippen molar-refractivity contribution in [1.82, 2.24) is 9.55 Å². The van der Waals surface area contributed by atoms with E-state index in [0.29, 0.717) is 22.7 Å². The van der Waals surface area contributed by atoms with Gasteiger partial charge in [0.15, 0.2) is 0 Å². The van der Waals surface area contributed by atoms with Crippen LogP contribution in [0.15, 0.2) is 30.6 Å². The van der Waals surface area contributed by atoms with Crippen molar-refractivity contribution in [2.24, 2.45) is 0 Å². The summed E-state index contributed by atoms with van der Waals surface area (Å²) in [6.45, 7) is 2.41. The van der Waals surface area contributed by atoms with Crippen molar-refractivity contribution < 1.29 is 17.9 Å². The summed E-state index contributed by atoms with van der Waals surface area (Å²) in [7, 11) is 0. The number of halogens is 4. The number of ether oxygens (including phenoxy) is 1. The maximum atomic E-state index is 12.8. The van der Waals surface area contributed by atoms with E-state index in [1.54, 1.807) is 18.3 Å². The second-order valence-corrected chi connectivity index (χ2v) is 5.65. The second-order valence-electron chi connectivity index (χ2n) is 5.25. The van der Waals surface area contributed by atoms with Gasteiger partial charge in [-0.2, -0.15) is 13.2 Å². The summed E-state index contributed by atoms with van der Waals surface area (Å²) in [6, 6.07) is 3.19. The Bertz CT molecular complexity index is 752. The molecule has 0 aliphatic carbocycles. The van der Waals surface area contributed by atoms with Crippen LogP contribution in [-0.2, 0) is 13.0 Å². The summed E-state index contributed by atoms with van der Waals surface area (Å²) >= 11 is 6.25. The molecule has 122 valence electrons. The minimum absolute atomic E-state index is 0.187. The van der Waals surface area contributed by atoms with E-state index in [4.69, 9.17) is 16.3 Å². The maximum Gasteiger partial charge on any atom is 0.429 e. The minimum atomic E-state index is -4.44. The van der Waals surface area contributed by atoms with Gasteiger partial charge in [0.1, 0.15) is 11.6 Å². The van der Waals surface area contributed by atoms with Crippen molar-refractivity contribution in [1.29, 1.82) is 0 Å². The fraction of sp³-hybridized carbons (Fsp3) is 0.312. The normalized spacial score (nSPS) is 17.0. The molecule has 3 nitrogen and oxygen atoms in total. The van der Waals surface area contributed by atoms with Crippen LogP contribution in [0.2, 0.25) is 5.02 Å². The molecule has 0 amide bonds. The van der Waals surface area contributed by atoms with Crippen LogP contribution in [0.25, 0.3) is 6.08 Å². The van der Waals surface area contributed by atoms with E-state index >= 15 is 0 Å². The zero-order valence-electron chi connectivity index (χ0n) is 12.3. The van der Waals surface area contributed by atoms with Crippen molar-refractivity contribution in [3.05, 3.63) is 52.6 Å². The molecule has 23 heavy (non-hydrogen) atoms. The van der Waals surface area contributed by atoms with Gasteiger partial charge in [-0.3, -0.25) is 0 Å². The summed E-state index contributed by atoms with van der Waals surface area (Å²) in [6.07, 6.45) is 0.268. The number of benzene rings is 1. The van der Waals surface area contributed by atoms with Crippen LogP contribution in [0.5, 0.6) is 5.75 Å². The van der Waals surface area contributed by atoms with Gasteiger partial charge in [0.2, 0.25) is 6.10 Å². The van der Waals surface area contributed by atoms with E-state index in [1.807, 2.05) is 17.7 Å². The fourth-order valence-corrected chi connectivity index (χ4v) is 2.72. The van der Waals surface area contributed by atoms with E-state index in [2.05, 4.69) is 4.98 Å². The Hall–Kier alpha value is -1.95. The smallest absolute Gasteiger partial charge is 0.429 e. The van der Waals surface area contributed by atoms with E-state index < -0.39 is 12.3 Å². The third-order valence-electron chi connectivity index (χ3n) is 3.66. The molecule has 7 heteroatoms. The topological polar surface area (TPSA) is 27.1 Å². The predicted octanol–water partition coefficient (Wildman–Crippen LogP) is 4.48. The van der Waals surface area contributed by atoms with E-state index in [-0.39, 0.29) is 5.75 Å². The average molecular weight is 343 g/mol. The average Bonchev–Trinajstić information content (AvgIpc) is 2.94. The Kier molecular flexibility index (Phi) is 4.10. The van der Waals surface area contributed by atoms with Crippen LogP contribution >= 0.6 is 11.6 Å². The molecule has 2 aromatic rings. The van der Waals surface area contributed by atoms with Crippen LogP contribution in [0.1, 0.15) is 23.9 Å². The summed E-state index contributed by atoms with van der Waals surface area (Å²) < 4.78 is 45.4. The molecule has 1 aromatic carbocycles. The van der Waals surface area contributed by atoms with Crippen molar-refractivity contribution >= 4 is 17.7 Å². The lowest BCUT2D eigenvalue weighted by Crippen LogP contribution is -2.33. The largest absolute Gasteiger partial charge is 0.476 e. The highest BCUT2D eigenvalue weighted by Gasteiger charge is 2.41. The molecule has 1 aromatic heterocycles. The van der Waals surface area contributed by atoms with Crippen LogP contribution in [-0.4, -0.2) is 21.8 Å². The van der Waals surface area contributed by atoms with E-state index in [9.17, 15) is 13.2 Å². The van der Waals surface area contributed by atoms with Gasteiger partial charge in [-0.25, -0.2) is 4.98 Å². The quantitative estimate of drug-likeness (QED) is 0.822. The maximum absolute atomic E-state index is 12.8. The number of nitrogens with zero attached hydrogens (tertiary/aromatic N) is 2. The van der Waals surface area contributed by atoms with Gasteiger partial charge in [-0.15, -0.1) is 0 Å². The zero-order chi connectivity index (χ0) is 16.6. The fourth-order valence-electron chi connectivity index (χ4n) is 2.49. The summed E-state index contributed by atoms with van der Waals surface area (Å²) in [5, 5.41) is 0.484. The molecule has 3 rings (SSSR count). The SMILES string of the molecule is CCc1nccn1Cc1cc2c(cc1Cl)C=CC(C(F)(F)F)O2. The first-order valence-corrected chi connectivity index (χ1v) is 7.50. The van der Waals surface area contributed by atoms with Gasteiger partial charge in [-0.05, 0) is 23.8 Å². The van der Waals surface area contributed by atoms with Crippen molar-refractivity contribution in [2.75, 3.05) is 0 Å². The minimum Gasteiger partial charge on any atom is -0.476 e. The standard InChI is InChI=1S/C16H14ClF3N2O/c1-2-15-21-5-6-22(15)9-11-8-13-10(7-12(11)17)3-4-14(23-13)16(18,19)20/h3-8,14H,2,9H2,1H3. The number of alkyl halides is 3. The molecular weight excluding hydrogens is 329 g/mol. The number of aryl methyl sites for hydroxylation is 1. The lowest BCUT2D eigenvalue weighted by atomic mass is 10.1. The third-order valence-corrected chi connectivity index (χ3v) is 4.02. The zero-order valence-corrected chi connectivity index (χ0v) is 13.0. The third kappa shape index (κ3) is 3.22. The molecule has 0 saturated heterocycles. The number of hydrogen-bond acceptors (Lipinski definition) is 2. The van der Waals surface area contributed by atoms with Gasteiger partial charge >= 0.3 is 6.18 Å². The molecule has 0 saturated carbocycles. The Labute approximate surface area is 136 Å². The summed E-state index contributed by atoms with van der Waals surface area (Å²) in [5.41, 5.74) is 1.23. The van der Waals surface area contributed by atoms with Crippen molar-refractivity contribution in [2.45, 2.75) is 32.2 Å². The van der Waals surface area contributed by atoms with Crippen LogP contribution in [0.3, 0.4) is 0 Å². The number of fused-ring (bicyclic) bond motifs is 1. The Morgan fingerprint density at radius 3 is 2.83 bits per heavy atom. The van der Waals surface area contributed by atoms with Crippen LogP contribution in [0.4, 0.5) is 13.2 Å². The van der Waals surface area contributed by atoms with Crippen LogP contribution < -0.4 is 4.74 Å². The van der Waals surface area contributed by atoms with Gasteiger partial charge < -0.3 is 9.30 Å². The monoisotopic (exact) mass is 342 g/mol. The molecule has 0 radical (unpaired) electrons. The molecule has 0 spiro atoms. The summed E-state index contributed by atoms with van der Waals surface area (Å²) in [5.74, 6) is 1.07. The molecule has 1 aliphatic rings. The molecule has 1 aliphatic heterocycles. The molecule has 0 fully saturated rings. The molecule has 0 bridgehead atoms. The predicted molar refractivity (Wildman–Crippen MR) is 81.7 cm³/mol. The number of hydrogen-bond donors (Lipinski definition) is 0. The molecule has 1 unspecified atom stereocenters. The van der Waals surface area contributed by atoms with Gasteiger partial charge in [0, 0.05) is 29.4 Å². The lowest BCUT2D eigenvalue weighted by molar-refractivity contribution is -0.180. The molecular formula is C16H14ClF3N2O. The Morgan fingerprint density at radius 1 is 1.35 bits per heavy atom. The first-order chi connectivity index (χ1) is 10.9. The highest BCUT2D eigenvalue weighted by molar-refractivity contribution is 6.31. The Morgan fingerprint density at radius 2 is 2.13 bits per heavy atom. The van der Waals surface area contributed by atoms with E-state index in [0.717, 1.165) is 18.3 Å². The number of aromatic nitrogens is 2. The molecule has 1 atom stereocenters. The van der Waals surface area contributed by atoms with Gasteiger partial charge in [0.25, 0.3) is 0 Å². The van der Waals surface area contributed by atoms with Gasteiger partial charge in [-0.1, -0.05) is 24.6 Å². The first kappa shape index (κ1) is 15.9. The lowest BCUT2D eigenvalue weighted by Gasteiger charge is -2.24. The van der Waals surface area contributed by atoms with Crippen molar-refractivity contribution in [3.8, 4) is 5.75 Å². The highest BCUT2D eigenvalue weighted by atomic mass is 35.5. The molecule has 2 heterocycles. The highest BCUT2D eigenvalue weighted by Crippen LogP contribution is 2.36. The number of imidazole rings is 1.